The summed E-state index contributed by atoms with van der Waals surface area (Å²) >= 11 is 5.73. The minimum absolute atomic E-state index is 0.0515. The van der Waals surface area contributed by atoms with Gasteiger partial charge < -0.3 is 19.5 Å². The van der Waals surface area contributed by atoms with Gasteiger partial charge in [0.15, 0.2) is 5.11 Å². The van der Waals surface area contributed by atoms with E-state index in [0.717, 1.165) is 43.3 Å². The molecule has 0 aromatic carbocycles. The average Bonchev–Trinajstić information content (AvgIpc) is 3.38. The molecule has 0 radical (unpaired) electrons. The van der Waals surface area contributed by atoms with Gasteiger partial charge in [-0.25, -0.2) is 0 Å². The maximum Gasteiger partial charge on any atom is 0.170 e. The number of aromatic nitrogens is 2. The van der Waals surface area contributed by atoms with Crippen LogP contribution in [0.15, 0.2) is 42.7 Å². The van der Waals surface area contributed by atoms with E-state index in [2.05, 4.69) is 58.0 Å². The van der Waals surface area contributed by atoms with Gasteiger partial charge in [0, 0.05) is 37.8 Å². The minimum atomic E-state index is 0.0515. The van der Waals surface area contributed by atoms with Crippen molar-refractivity contribution in [1.82, 2.24) is 19.8 Å². The summed E-state index contributed by atoms with van der Waals surface area (Å²) in [5, 5.41) is 4.35. The second-order valence-corrected chi connectivity index (χ2v) is 8.28. The number of thiocarbonyl (C=S) groups is 1. The molecule has 2 aliphatic heterocycles. The Morgan fingerprint density at radius 3 is 2.89 bits per heavy atom. The zero-order valence-electron chi connectivity index (χ0n) is 16.0. The molecule has 4 heterocycles. The Balaban J connectivity index is 1.68. The monoisotopic (exact) mass is 384 g/mol. The third-order valence-corrected chi connectivity index (χ3v) is 5.70. The first-order valence-electron chi connectivity index (χ1n) is 9.88. The first-order valence-corrected chi connectivity index (χ1v) is 10.3. The number of nitrogens with zero attached hydrogens (tertiary/aromatic N) is 3. The van der Waals surface area contributed by atoms with Crippen LogP contribution in [0, 0.1) is 5.92 Å². The third kappa shape index (κ3) is 3.87. The number of nitrogens with one attached hydrogen (secondary N) is 1. The fourth-order valence-electron chi connectivity index (χ4n) is 4.19. The van der Waals surface area contributed by atoms with Crippen LogP contribution in [0.25, 0.3) is 0 Å². The molecule has 27 heavy (non-hydrogen) atoms. The van der Waals surface area contributed by atoms with Gasteiger partial charge in [0.2, 0.25) is 0 Å². The molecule has 3 atom stereocenters. The van der Waals surface area contributed by atoms with Crippen LogP contribution in [-0.2, 0) is 11.3 Å². The van der Waals surface area contributed by atoms with Crippen molar-refractivity contribution in [2.24, 2.45) is 5.92 Å². The Hall–Kier alpha value is -1.92. The summed E-state index contributed by atoms with van der Waals surface area (Å²) in [5.74, 6) is 0.524. The molecule has 4 rings (SSSR count). The quantitative estimate of drug-likeness (QED) is 0.770. The van der Waals surface area contributed by atoms with Gasteiger partial charge in [0.1, 0.15) is 0 Å². The standard InChI is InChI=1S/C21H28N4OS/c1-15(2)13-25-20(19(23-21(25)27)17-8-3-4-10-22-17)18-9-5-11-24(18)14-16-7-6-12-26-16/h3-5,8-11,15-16,19-20H,6-7,12-14H2,1-2H3,(H,23,27). The Bertz CT molecular complexity index is 769. The lowest BCUT2D eigenvalue weighted by molar-refractivity contribution is 0.0952. The summed E-state index contributed by atoms with van der Waals surface area (Å²) in [5.41, 5.74) is 2.30. The lowest BCUT2D eigenvalue weighted by Crippen LogP contribution is -2.34. The van der Waals surface area contributed by atoms with Crippen LogP contribution < -0.4 is 5.32 Å². The van der Waals surface area contributed by atoms with Crippen LogP contribution in [0.2, 0.25) is 0 Å². The van der Waals surface area contributed by atoms with Gasteiger partial charge >= 0.3 is 0 Å². The van der Waals surface area contributed by atoms with E-state index in [1.807, 2.05) is 18.3 Å². The fraction of sp³-hybridized carbons (Fsp3) is 0.524. The van der Waals surface area contributed by atoms with E-state index >= 15 is 0 Å². The fourth-order valence-corrected chi connectivity index (χ4v) is 4.50. The molecule has 144 valence electrons. The Kier molecular flexibility index (Phi) is 5.45. The molecule has 1 N–H and O–H groups in total. The van der Waals surface area contributed by atoms with E-state index in [4.69, 9.17) is 17.0 Å². The second-order valence-electron chi connectivity index (χ2n) is 7.89. The van der Waals surface area contributed by atoms with E-state index in [1.54, 1.807) is 0 Å². The summed E-state index contributed by atoms with van der Waals surface area (Å²) < 4.78 is 8.23. The Morgan fingerprint density at radius 1 is 1.30 bits per heavy atom. The molecule has 0 spiro atoms. The summed E-state index contributed by atoms with van der Waals surface area (Å²) in [4.78, 5) is 6.95. The highest BCUT2D eigenvalue weighted by molar-refractivity contribution is 7.80. The molecule has 2 aromatic heterocycles. The number of hydrogen-bond donors (Lipinski definition) is 1. The predicted octanol–water partition coefficient (Wildman–Crippen LogP) is 3.69. The number of rotatable bonds is 6. The smallest absolute Gasteiger partial charge is 0.170 e. The highest BCUT2D eigenvalue weighted by atomic mass is 32.1. The summed E-state index contributed by atoms with van der Waals surface area (Å²) in [7, 11) is 0. The molecule has 2 aromatic rings. The number of ether oxygens (including phenoxy) is 1. The van der Waals surface area contributed by atoms with Gasteiger partial charge in [-0.2, -0.15) is 0 Å². The van der Waals surface area contributed by atoms with Crippen molar-refractivity contribution in [1.29, 1.82) is 0 Å². The Morgan fingerprint density at radius 2 is 2.19 bits per heavy atom. The summed E-state index contributed by atoms with van der Waals surface area (Å²) in [6.45, 7) is 7.17. The van der Waals surface area contributed by atoms with Crippen molar-refractivity contribution in [2.75, 3.05) is 13.2 Å². The lowest BCUT2D eigenvalue weighted by atomic mass is 10.0. The van der Waals surface area contributed by atoms with Crippen LogP contribution in [0.3, 0.4) is 0 Å². The molecule has 2 fully saturated rings. The largest absolute Gasteiger partial charge is 0.376 e. The maximum atomic E-state index is 5.88. The number of pyridine rings is 1. The third-order valence-electron chi connectivity index (χ3n) is 5.35. The molecule has 3 unspecified atom stereocenters. The van der Waals surface area contributed by atoms with Crippen LogP contribution >= 0.6 is 12.2 Å². The Labute approximate surface area is 166 Å². The van der Waals surface area contributed by atoms with Crippen LogP contribution in [0.5, 0.6) is 0 Å². The zero-order valence-corrected chi connectivity index (χ0v) is 16.9. The molecule has 0 aliphatic carbocycles. The SMILES string of the molecule is CC(C)CN1C(=S)NC(c2ccccn2)C1c1cccn1CC1CCCO1. The minimum Gasteiger partial charge on any atom is -0.376 e. The van der Waals surface area contributed by atoms with Crippen LogP contribution in [0.4, 0.5) is 0 Å². The van der Waals surface area contributed by atoms with Crippen molar-refractivity contribution in [3.05, 3.63) is 54.1 Å². The molecule has 5 nitrogen and oxygen atoms in total. The van der Waals surface area contributed by atoms with E-state index in [1.165, 1.54) is 5.69 Å². The summed E-state index contributed by atoms with van der Waals surface area (Å²) in [6.07, 6.45) is 6.63. The molecule has 6 heteroatoms. The van der Waals surface area contributed by atoms with Gasteiger partial charge in [-0.1, -0.05) is 19.9 Å². The average molecular weight is 385 g/mol. The van der Waals surface area contributed by atoms with Crippen molar-refractivity contribution >= 4 is 17.3 Å². The summed E-state index contributed by atoms with van der Waals surface area (Å²) in [6, 6.07) is 10.6. The molecule has 0 amide bonds. The van der Waals surface area contributed by atoms with Crippen LogP contribution in [-0.4, -0.2) is 38.8 Å². The van der Waals surface area contributed by atoms with Gasteiger partial charge in [0.25, 0.3) is 0 Å². The predicted molar refractivity (Wildman–Crippen MR) is 110 cm³/mol. The first-order chi connectivity index (χ1) is 13.1. The van der Waals surface area contributed by atoms with E-state index in [0.29, 0.717) is 12.0 Å². The molecule has 2 aliphatic rings. The molecule has 2 saturated heterocycles. The molecular weight excluding hydrogens is 356 g/mol. The van der Waals surface area contributed by atoms with E-state index in [-0.39, 0.29) is 12.1 Å². The van der Waals surface area contributed by atoms with Gasteiger partial charge in [-0.05, 0) is 55.2 Å². The van der Waals surface area contributed by atoms with Crippen molar-refractivity contribution in [2.45, 2.75) is 51.4 Å². The normalized spacial score (nSPS) is 25.4. The second kappa shape index (κ2) is 7.98. The highest BCUT2D eigenvalue weighted by Crippen LogP contribution is 2.39. The van der Waals surface area contributed by atoms with Gasteiger partial charge in [-0.15, -0.1) is 0 Å². The molecule has 0 saturated carbocycles. The lowest BCUT2D eigenvalue weighted by Gasteiger charge is -2.30. The number of hydrogen-bond acceptors (Lipinski definition) is 3. The highest BCUT2D eigenvalue weighted by Gasteiger charge is 2.41. The van der Waals surface area contributed by atoms with Gasteiger partial charge in [0.05, 0.1) is 23.9 Å². The van der Waals surface area contributed by atoms with E-state index < -0.39 is 0 Å². The topological polar surface area (TPSA) is 42.3 Å². The maximum absolute atomic E-state index is 5.88. The van der Waals surface area contributed by atoms with E-state index in [9.17, 15) is 0 Å². The van der Waals surface area contributed by atoms with Crippen molar-refractivity contribution in [3.63, 3.8) is 0 Å². The van der Waals surface area contributed by atoms with Crippen LogP contribution in [0.1, 0.15) is 50.2 Å². The van der Waals surface area contributed by atoms with Crippen molar-refractivity contribution < 1.29 is 4.74 Å². The molecular formula is C21H28N4OS. The molecule has 0 bridgehead atoms. The van der Waals surface area contributed by atoms with Gasteiger partial charge in [-0.3, -0.25) is 4.98 Å². The zero-order chi connectivity index (χ0) is 18.8. The van der Waals surface area contributed by atoms with Crippen molar-refractivity contribution in [3.8, 4) is 0 Å². The first kappa shape index (κ1) is 18.4.